The van der Waals surface area contributed by atoms with Crippen LogP contribution in [0.2, 0.25) is 0 Å². The lowest BCUT2D eigenvalue weighted by atomic mass is 9.95. The minimum Gasteiger partial charge on any atom is -0.480 e. The fraction of sp³-hybridized carbons (Fsp3) is 0.943. The summed E-state index contributed by atoms with van der Waals surface area (Å²) >= 11 is 0. The number of aliphatic carboxylic acids is 1. The van der Waals surface area contributed by atoms with Crippen LogP contribution in [0.5, 0.6) is 0 Å². The Bertz CT molecular complexity index is 1750. The van der Waals surface area contributed by atoms with E-state index < -0.39 is 94.9 Å². The number of carboxylic acids is 1. The molecule has 89 heavy (non-hydrogen) atoms. The van der Waals surface area contributed by atoms with Gasteiger partial charge in [0.15, 0.2) is 12.6 Å². The number of nitrogens with one attached hydrogen (secondary N) is 1. The van der Waals surface area contributed by atoms with Gasteiger partial charge < -0.3 is 67.9 Å². The molecule has 2 aliphatic heterocycles. The number of carboxylic acid groups (broad SMARTS) is 1. The van der Waals surface area contributed by atoms with E-state index in [-0.39, 0.29) is 38.3 Å². The van der Waals surface area contributed by atoms with Crippen LogP contribution in [-0.4, -0.2) is 153 Å². The maximum absolute atomic E-state index is 14.2. The fourth-order valence-corrected chi connectivity index (χ4v) is 12.6. The molecule has 1 amide bonds. The van der Waals surface area contributed by atoms with Crippen LogP contribution >= 0.6 is 7.82 Å². The van der Waals surface area contributed by atoms with Crippen molar-refractivity contribution in [3.05, 3.63) is 12.2 Å². The molecule has 18 nitrogen and oxygen atoms in total. The fourth-order valence-electron chi connectivity index (χ4n) is 12.0. The number of ether oxygens (including phenoxy) is 9. The molecule has 0 aliphatic carbocycles. The molecular formula is C70H134NO17P. The number of phosphoric ester groups is 1. The number of aliphatic hydroxyl groups excluding tert-OH is 1. The van der Waals surface area contributed by atoms with Gasteiger partial charge in [0, 0.05) is 40.4 Å². The summed E-state index contributed by atoms with van der Waals surface area (Å²) in [6.07, 6.45) is 38.0. The van der Waals surface area contributed by atoms with E-state index in [2.05, 4.69) is 45.2 Å². The van der Waals surface area contributed by atoms with Gasteiger partial charge in [-0.2, -0.15) is 0 Å². The molecule has 526 valence electrons. The van der Waals surface area contributed by atoms with Gasteiger partial charge in [-0.05, 0) is 57.8 Å². The summed E-state index contributed by atoms with van der Waals surface area (Å²) in [5.74, 6) is -1.62. The van der Waals surface area contributed by atoms with Gasteiger partial charge >= 0.3 is 13.8 Å². The number of allylic oxidation sites excluding steroid dienone is 2. The number of phosphoric acid groups is 1. The third-order valence-corrected chi connectivity index (χ3v) is 17.9. The van der Waals surface area contributed by atoms with E-state index in [0.717, 1.165) is 122 Å². The molecular weight excluding hydrogens is 1160 g/mol. The third-order valence-electron chi connectivity index (χ3n) is 17.3. The summed E-state index contributed by atoms with van der Waals surface area (Å²) < 4.78 is 83.6. The monoisotopic (exact) mass is 1290 g/mol. The zero-order valence-corrected chi connectivity index (χ0v) is 58.0. The average molecular weight is 1290 g/mol. The Labute approximate surface area is 542 Å². The molecule has 0 aromatic carbocycles. The molecule has 0 aromatic heterocycles. The normalized spacial score (nSPS) is 23.3. The number of carbonyl (C=O) groups is 2. The van der Waals surface area contributed by atoms with Gasteiger partial charge in [0.1, 0.15) is 55.4 Å². The molecule has 12 atom stereocenters. The molecule has 2 fully saturated rings. The molecule has 0 radical (unpaired) electrons. The minimum atomic E-state index is -5.22. The van der Waals surface area contributed by atoms with E-state index in [4.69, 9.17) is 48.5 Å². The summed E-state index contributed by atoms with van der Waals surface area (Å²) in [5, 5.41) is 25.3. The molecule has 0 aromatic rings. The van der Waals surface area contributed by atoms with Crippen LogP contribution in [0, 0.1) is 0 Å². The highest BCUT2D eigenvalue weighted by molar-refractivity contribution is 7.46. The van der Waals surface area contributed by atoms with Crippen LogP contribution in [0.4, 0.5) is 0 Å². The van der Waals surface area contributed by atoms with Crippen molar-refractivity contribution in [1.29, 1.82) is 0 Å². The zero-order valence-electron chi connectivity index (χ0n) is 58.1. The van der Waals surface area contributed by atoms with Crippen molar-refractivity contribution < 1.29 is 82.7 Å². The van der Waals surface area contributed by atoms with Crippen molar-refractivity contribution in [3.63, 3.8) is 0 Å². The van der Waals surface area contributed by atoms with Crippen molar-refractivity contribution in [2.45, 2.75) is 371 Å². The summed E-state index contributed by atoms with van der Waals surface area (Å²) in [6, 6.07) is -1.22. The van der Waals surface area contributed by atoms with Gasteiger partial charge in [0.25, 0.3) is 0 Å². The standard InChI is InChI=1S/C70H134NO17P/c1-7-11-15-19-22-25-28-30-31-32-33-35-38-42-46-50-61(72)71-63-66(83-54-51-58(80-6)49-45-41-18-14-10-4)65(88-89(76,77)78)60(55-79-5)87-69(63)84-56-59-64(75)67(81-52-47-43-39-36-27-24-21-17-13-9-3)68(70(86-59)85-57-62(73)74)82-53-48-44-40-37-34-29-26-23-20-16-12-8-2/h30-31,58-60,63-70,75H,7-29,32-57H2,1-6H3,(H,71,72)(H,73,74)(H2,76,77,78)/b31-30-/t58-,59-,60-,63-,64-,65-,66-,67+,68-,69-,70?/m1/s1/i53D/t53?,58-,59-,60-,63-,64-,65-,66-,67+,68-,69-,70?. The van der Waals surface area contributed by atoms with Crippen molar-refractivity contribution in [2.75, 3.05) is 53.8 Å². The molecule has 2 heterocycles. The number of unbranched alkanes of at least 4 members (excludes halogenated alkanes) is 34. The Kier molecular flexibility index (Phi) is 52.0. The predicted octanol–water partition coefficient (Wildman–Crippen LogP) is 16.1. The number of methoxy groups -OCH3 is 2. The Morgan fingerprint density at radius 2 is 0.989 bits per heavy atom. The number of amides is 1. The van der Waals surface area contributed by atoms with Gasteiger partial charge in [0.05, 0.1) is 20.7 Å². The van der Waals surface area contributed by atoms with Crippen LogP contribution < -0.4 is 5.32 Å². The van der Waals surface area contributed by atoms with E-state index in [1.54, 1.807) is 7.11 Å². The van der Waals surface area contributed by atoms with E-state index in [0.29, 0.717) is 25.7 Å². The van der Waals surface area contributed by atoms with Crippen molar-refractivity contribution >= 4 is 19.7 Å². The lowest BCUT2D eigenvalue weighted by molar-refractivity contribution is -0.330. The maximum atomic E-state index is 14.2. The second kappa shape index (κ2) is 56.7. The number of aliphatic hydroxyl groups is 1. The molecule has 2 aliphatic rings. The van der Waals surface area contributed by atoms with Gasteiger partial charge in [-0.1, -0.05) is 252 Å². The van der Waals surface area contributed by atoms with E-state index in [9.17, 15) is 34.2 Å². The first kappa shape index (κ1) is 81.6. The topological polar surface area (TPSA) is 236 Å². The molecule has 2 unspecified atom stereocenters. The summed E-state index contributed by atoms with van der Waals surface area (Å²) in [6.45, 7) is 6.72. The number of carbonyl (C=O) groups excluding carboxylic acids is 1. The highest BCUT2D eigenvalue weighted by Crippen LogP contribution is 2.43. The third kappa shape index (κ3) is 42.4. The highest BCUT2D eigenvalue weighted by Gasteiger charge is 2.53. The van der Waals surface area contributed by atoms with E-state index in [1.807, 2.05) is 0 Å². The molecule has 5 N–H and O–H groups in total. The molecule has 0 spiro atoms. The summed E-state index contributed by atoms with van der Waals surface area (Å²) in [5.41, 5.74) is 0. The molecule has 19 heteroatoms. The van der Waals surface area contributed by atoms with Crippen molar-refractivity contribution in [3.8, 4) is 0 Å². The van der Waals surface area contributed by atoms with Crippen molar-refractivity contribution in [2.24, 2.45) is 0 Å². The molecule has 0 bridgehead atoms. The van der Waals surface area contributed by atoms with Crippen LogP contribution in [0.1, 0.15) is 305 Å². The van der Waals surface area contributed by atoms with Gasteiger partial charge in [-0.3, -0.25) is 9.32 Å². The lowest BCUT2D eigenvalue weighted by Gasteiger charge is -2.47. The Hall–Kier alpha value is -1.61. The zero-order chi connectivity index (χ0) is 65.7. The molecule has 0 saturated carbocycles. The van der Waals surface area contributed by atoms with E-state index >= 15 is 0 Å². The van der Waals surface area contributed by atoms with Crippen molar-refractivity contribution in [1.82, 2.24) is 5.32 Å². The smallest absolute Gasteiger partial charge is 0.470 e. The number of hydrogen-bond acceptors (Lipinski definition) is 14. The Morgan fingerprint density at radius 3 is 1.49 bits per heavy atom. The second-order valence-electron chi connectivity index (χ2n) is 25.4. The van der Waals surface area contributed by atoms with E-state index in [1.165, 1.54) is 129 Å². The maximum Gasteiger partial charge on any atom is 0.470 e. The summed E-state index contributed by atoms with van der Waals surface area (Å²) in [4.78, 5) is 47.0. The van der Waals surface area contributed by atoms with Crippen LogP contribution in [0.15, 0.2) is 12.2 Å². The van der Waals surface area contributed by atoms with Gasteiger partial charge in [0.2, 0.25) is 5.91 Å². The van der Waals surface area contributed by atoms with Crippen LogP contribution in [-0.2, 0) is 61.3 Å². The molecule has 2 rings (SSSR count). The Morgan fingerprint density at radius 1 is 0.517 bits per heavy atom. The Balaban J connectivity index is 2.42. The first-order chi connectivity index (χ1) is 43.7. The molecule has 2 saturated heterocycles. The SMILES string of the molecule is [2H]C(CCCCCCCCCCCCC)O[C@H]1C(OCC(=O)O)O[C@H](CO[C@@H]2O[C@H](COC)[C@@H](OP(=O)(O)O)[C@H](OCC[C@@H](CCCCCCC)OC)[C@H]2NC(=O)CCCCCCC/C=C\CCCCCCCC)[C@@H](O)[C@@H]1OCCCCCCCCCCCC. The average Bonchev–Trinajstić information content (AvgIpc) is 0.885. The minimum absolute atomic E-state index is 0.0644. The highest BCUT2D eigenvalue weighted by atomic mass is 31.2. The van der Waals surface area contributed by atoms with Crippen LogP contribution in [0.3, 0.4) is 0 Å². The summed E-state index contributed by atoms with van der Waals surface area (Å²) in [7, 11) is -2.16. The number of hydrogen-bond donors (Lipinski definition) is 5. The predicted molar refractivity (Wildman–Crippen MR) is 354 cm³/mol. The van der Waals surface area contributed by atoms with Gasteiger partial charge in [-0.15, -0.1) is 0 Å². The first-order valence-electron chi connectivity index (χ1n) is 36.8. The second-order valence-corrected chi connectivity index (χ2v) is 26.5. The first-order valence-corrected chi connectivity index (χ1v) is 37.7. The number of rotatable bonds is 63. The van der Waals surface area contributed by atoms with Crippen LogP contribution in [0.25, 0.3) is 0 Å². The van der Waals surface area contributed by atoms with Gasteiger partial charge in [-0.25, -0.2) is 9.36 Å². The largest absolute Gasteiger partial charge is 0.480 e. The quantitative estimate of drug-likeness (QED) is 0.0216. The lowest BCUT2D eigenvalue weighted by Crippen LogP contribution is -2.67.